The van der Waals surface area contributed by atoms with E-state index in [4.69, 9.17) is 0 Å². The molecule has 3 aliphatic rings. The lowest BCUT2D eigenvalue weighted by atomic mass is 9.80. The van der Waals surface area contributed by atoms with Gasteiger partial charge in [-0.1, -0.05) is 67.8 Å². The average molecular weight is 459 g/mol. The summed E-state index contributed by atoms with van der Waals surface area (Å²) in [6.45, 7) is 6.25. The molecule has 0 bridgehead atoms. The number of carbonyl (C=O) groups excluding carboxylic acids is 2. The van der Waals surface area contributed by atoms with E-state index in [0.717, 1.165) is 29.9 Å². The third-order valence-electron chi connectivity index (χ3n) is 7.62. The van der Waals surface area contributed by atoms with Crippen LogP contribution in [0.15, 0.2) is 60.7 Å². The third kappa shape index (κ3) is 4.95. The number of hydrogen-bond donors (Lipinski definition) is 1. The Morgan fingerprint density at radius 1 is 0.941 bits per heavy atom. The smallest absolute Gasteiger partial charge is 0.254 e. The Balaban J connectivity index is 1.18. The van der Waals surface area contributed by atoms with E-state index in [2.05, 4.69) is 30.8 Å². The van der Waals surface area contributed by atoms with E-state index < -0.39 is 5.60 Å². The minimum Gasteiger partial charge on any atom is -0.380 e. The minimum absolute atomic E-state index is 0.00942. The summed E-state index contributed by atoms with van der Waals surface area (Å²) in [5, 5.41) is 10.1. The zero-order valence-corrected chi connectivity index (χ0v) is 19.8. The van der Waals surface area contributed by atoms with E-state index in [0.29, 0.717) is 44.6 Å². The number of carbonyl (C=O) groups is 2. The zero-order valence-electron chi connectivity index (χ0n) is 19.8. The minimum atomic E-state index is -1.14. The van der Waals surface area contributed by atoms with E-state index in [1.54, 1.807) is 9.80 Å². The molecule has 178 valence electrons. The Bertz CT molecular complexity index is 1070. The molecular weight excluding hydrogens is 424 g/mol. The summed E-state index contributed by atoms with van der Waals surface area (Å²) in [7, 11) is 0. The van der Waals surface area contributed by atoms with Crippen LogP contribution in [0, 0.1) is 5.92 Å². The van der Waals surface area contributed by atoms with Crippen LogP contribution < -0.4 is 0 Å². The summed E-state index contributed by atoms with van der Waals surface area (Å²) in [5.74, 6) is 0.649. The first-order chi connectivity index (χ1) is 16.4. The van der Waals surface area contributed by atoms with Crippen molar-refractivity contribution in [2.24, 2.45) is 5.92 Å². The van der Waals surface area contributed by atoms with Crippen LogP contribution in [0.1, 0.15) is 54.4 Å². The monoisotopic (exact) mass is 458 g/mol. The molecule has 1 saturated heterocycles. The van der Waals surface area contributed by atoms with Crippen LogP contribution in [0.4, 0.5) is 0 Å². The van der Waals surface area contributed by atoms with Gasteiger partial charge in [0.2, 0.25) is 0 Å². The molecule has 3 fully saturated rings. The number of rotatable bonds is 7. The fraction of sp³-hybridized carbons (Fsp3) is 0.448. The average Bonchev–Trinajstić information content (AvgIpc) is 3.59. The molecule has 0 spiro atoms. The summed E-state index contributed by atoms with van der Waals surface area (Å²) < 4.78 is 0. The second-order valence-corrected chi connectivity index (χ2v) is 10.3. The number of amides is 2. The van der Waals surface area contributed by atoms with Crippen molar-refractivity contribution in [1.82, 2.24) is 9.80 Å². The van der Waals surface area contributed by atoms with Crippen LogP contribution in [0.5, 0.6) is 0 Å². The molecule has 2 amide bonds. The number of benzene rings is 2. The van der Waals surface area contributed by atoms with Crippen molar-refractivity contribution < 1.29 is 14.7 Å². The molecule has 0 aromatic heterocycles. The van der Waals surface area contributed by atoms with Gasteiger partial charge in [-0.05, 0) is 60.4 Å². The maximum Gasteiger partial charge on any atom is 0.254 e. The van der Waals surface area contributed by atoms with Gasteiger partial charge in [0.1, 0.15) is 5.60 Å². The van der Waals surface area contributed by atoms with Crippen molar-refractivity contribution in [2.45, 2.75) is 50.5 Å². The molecule has 0 unspecified atom stereocenters. The van der Waals surface area contributed by atoms with Gasteiger partial charge in [0.15, 0.2) is 0 Å². The molecule has 2 aromatic rings. The lowest BCUT2D eigenvalue weighted by Crippen LogP contribution is -2.53. The van der Waals surface area contributed by atoms with Crippen LogP contribution >= 0.6 is 0 Å². The van der Waals surface area contributed by atoms with Gasteiger partial charge in [0.05, 0.1) is 0 Å². The SMILES string of the molecule is C=C(Cc1cccc(-c2ccc(C(=O)N3CCN(C(=O)C4(O)CC4)CC3)cc2)c1)CC1CCC1. The van der Waals surface area contributed by atoms with Crippen molar-refractivity contribution in [2.75, 3.05) is 26.2 Å². The Morgan fingerprint density at radius 3 is 2.24 bits per heavy atom. The zero-order chi connectivity index (χ0) is 23.7. The van der Waals surface area contributed by atoms with Crippen molar-refractivity contribution >= 4 is 11.8 Å². The maximum atomic E-state index is 13.0. The van der Waals surface area contributed by atoms with E-state index in [9.17, 15) is 14.7 Å². The molecule has 2 saturated carbocycles. The third-order valence-corrected chi connectivity index (χ3v) is 7.62. The number of aliphatic hydroxyl groups is 1. The maximum absolute atomic E-state index is 13.0. The molecule has 5 heteroatoms. The second kappa shape index (κ2) is 9.38. The van der Waals surface area contributed by atoms with Crippen molar-refractivity contribution in [3.05, 3.63) is 71.8 Å². The fourth-order valence-electron chi connectivity index (χ4n) is 5.05. The summed E-state index contributed by atoms with van der Waals surface area (Å²) in [4.78, 5) is 28.8. The highest BCUT2D eigenvalue weighted by Crippen LogP contribution is 2.37. The second-order valence-electron chi connectivity index (χ2n) is 10.3. The largest absolute Gasteiger partial charge is 0.380 e. The molecular formula is C29H34N2O3. The van der Waals surface area contributed by atoms with Crippen molar-refractivity contribution in [3.8, 4) is 11.1 Å². The van der Waals surface area contributed by atoms with Crippen LogP contribution in [0.2, 0.25) is 0 Å². The van der Waals surface area contributed by atoms with E-state index in [-0.39, 0.29) is 11.8 Å². The Hall–Kier alpha value is -2.92. The van der Waals surface area contributed by atoms with Crippen molar-refractivity contribution in [1.29, 1.82) is 0 Å². The molecule has 0 radical (unpaired) electrons. The first-order valence-corrected chi connectivity index (χ1v) is 12.6. The van der Waals surface area contributed by atoms with Gasteiger partial charge >= 0.3 is 0 Å². The molecule has 2 aromatic carbocycles. The van der Waals surface area contributed by atoms with Crippen LogP contribution in [0.3, 0.4) is 0 Å². The topological polar surface area (TPSA) is 60.9 Å². The number of hydrogen-bond acceptors (Lipinski definition) is 3. The van der Waals surface area contributed by atoms with Crippen LogP contribution in [-0.4, -0.2) is 58.5 Å². The highest BCUT2D eigenvalue weighted by Gasteiger charge is 2.50. The number of piperazine rings is 1. The summed E-state index contributed by atoms with van der Waals surface area (Å²) in [6.07, 6.45) is 7.23. The fourth-order valence-corrected chi connectivity index (χ4v) is 5.05. The Kier molecular flexibility index (Phi) is 6.30. The molecule has 1 heterocycles. The van der Waals surface area contributed by atoms with Crippen LogP contribution in [0.25, 0.3) is 11.1 Å². The van der Waals surface area contributed by atoms with Gasteiger partial charge in [-0.3, -0.25) is 9.59 Å². The molecule has 5 nitrogen and oxygen atoms in total. The Labute approximate surface area is 202 Å². The summed E-state index contributed by atoms with van der Waals surface area (Å²) in [5.41, 5.74) is 4.37. The summed E-state index contributed by atoms with van der Waals surface area (Å²) >= 11 is 0. The lowest BCUT2D eigenvalue weighted by Gasteiger charge is -2.35. The highest BCUT2D eigenvalue weighted by molar-refractivity contribution is 5.95. The normalized spacial score (nSPS) is 19.4. The van der Waals surface area contributed by atoms with Crippen LogP contribution in [-0.2, 0) is 11.2 Å². The first kappa shape index (κ1) is 22.9. The van der Waals surface area contributed by atoms with Gasteiger partial charge in [-0.2, -0.15) is 0 Å². The standard InChI is InChI=1S/C29H34N2O3/c1-21(18-22-4-2-5-22)19-23-6-3-7-26(20-23)24-8-10-25(11-9-24)27(32)30-14-16-31(17-15-30)28(33)29(34)12-13-29/h3,6-11,20,22,34H,1-2,4-5,12-19H2. The summed E-state index contributed by atoms with van der Waals surface area (Å²) in [6, 6.07) is 16.4. The molecule has 1 N–H and O–H groups in total. The lowest BCUT2D eigenvalue weighted by molar-refractivity contribution is -0.143. The van der Waals surface area contributed by atoms with Gasteiger partial charge in [-0.15, -0.1) is 0 Å². The Morgan fingerprint density at radius 2 is 1.62 bits per heavy atom. The van der Waals surface area contributed by atoms with Gasteiger partial charge in [0.25, 0.3) is 11.8 Å². The predicted molar refractivity (Wildman–Crippen MR) is 133 cm³/mol. The molecule has 34 heavy (non-hydrogen) atoms. The van der Waals surface area contributed by atoms with Gasteiger partial charge in [-0.25, -0.2) is 0 Å². The number of nitrogens with zero attached hydrogens (tertiary/aromatic N) is 2. The first-order valence-electron chi connectivity index (χ1n) is 12.6. The quantitative estimate of drug-likeness (QED) is 0.624. The van der Waals surface area contributed by atoms with Crippen molar-refractivity contribution in [3.63, 3.8) is 0 Å². The van der Waals surface area contributed by atoms with E-state index in [1.807, 2.05) is 24.3 Å². The molecule has 0 atom stereocenters. The molecule has 2 aliphatic carbocycles. The van der Waals surface area contributed by atoms with Gasteiger partial charge < -0.3 is 14.9 Å². The van der Waals surface area contributed by atoms with E-state index >= 15 is 0 Å². The highest BCUT2D eigenvalue weighted by atomic mass is 16.3. The van der Waals surface area contributed by atoms with E-state index in [1.165, 1.54) is 30.4 Å². The molecule has 5 rings (SSSR count). The van der Waals surface area contributed by atoms with Gasteiger partial charge in [0, 0.05) is 31.7 Å². The molecule has 1 aliphatic heterocycles. The number of allylic oxidation sites excluding steroid dienone is 1. The predicted octanol–water partition coefficient (Wildman–Crippen LogP) is 4.45.